The molecule has 2 unspecified atom stereocenters. The number of aliphatic hydroxyl groups excluding tert-OH is 1. The van der Waals surface area contributed by atoms with Crippen LogP contribution in [-0.4, -0.2) is 96.7 Å². The molecular formula is C69H134O17P2. The lowest BCUT2D eigenvalue weighted by Crippen LogP contribution is -2.30. The number of ether oxygens (including phenoxy) is 4. The van der Waals surface area contributed by atoms with E-state index in [4.69, 9.17) is 37.0 Å². The second-order valence-corrected chi connectivity index (χ2v) is 29.3. The van der Waals surface area contributed by atoms with E-state index in [0.29, 0.717) is 31.6 Å². The van der Waals surface area contributed by atoms with Gasteiger partial charge >= 0.3 is 39.5 Å². The van der Waals surface area contributed by atoms with Gasteiger partial charge in [0.15, 0.2) is 12.2 Å². The van der Waals surface area contributed by atoms with Gasteiger partial charge in [-0.25, -0.2) is 9.13 Å². The van der Waals surface area contributed by atoms with Crippen molar-refractivity contribution >= 4 is 39.5 Å². The van der Waals surface area contributed by atoms with Crippen LogP contribution in [-0.2, 0) is 65.4 Å². The summed E-state index contributed by atoms with van der Waals surface area (Å²) in [5.41, 5.74) is 0. The van der Waals surface area contributed by atoms with E-state index in [1.165, 1.54) is 154 Å². The van der Waals surface area contributed by atoms with E-state index in [2.05, 4.69) is 48.5 Å². The molecule has 0 saturated carbocycles. The van der Waals surface area contributed by atoms with Crippen LogP contribution in [0.5, 0.6) is 0 Å². The van der Waals surface area contributed by atoms with Crippen LogP contribution in [0.1, 0.15) is 344 Å². The van der Waals surface area contributed by atoms with Gasteiger partial charge in [-0.3, -0.25) is 37.3 Å². The summed E-state index contributed by atoms with van der Waals surface area (Å²) in [6, 6.07) is 0. The molecule has 0 amide bonds. The van der Waals surface area contributed by atoms with E-state index in [-0.39, 0.29) is 25.7 Å². The quantitative estimate of drug-likeness (QED) is 0.0222. The fourth-order valence-electron chi connectivity index (χ4n) is 10.4. The van der Waals surface area contributed by atoms with Crippen molar-refractivity contribution < 1.29 is 80.2 Å². The summed E-state index contributed by atoms with van der Waals surface area (Å²) in [6.07, 6.45) is 43.1. The Morgan fingerprint density at radius 3 is 0.773 bits per heavy atom. The zero-order valence-corrected chi connectivity index (χ0v) is 59.0. The van der Waals surface area contributed by atoms with Gasteiger partial charge in [0.2, 0.25) is 0 Å². The molecule has 5 atom stereocenters. The molecule has 0 aliphatic heterocycles. The minimum absolute atomic E-state index is 0.103. The fraction of sp³-hybridized carbons (Fsp3) is 0.942. The van der Waals surface area contributed by atoms with E-state index in [1.807, 2.05) is 0 Å². The minimum atomic E-state index is -4.95. The SMILES string of the molecule is CCCCCCCCCCCCC(=O)OC[C@H](COP(=O)(O)OC[C@H](O)COP(=O)(O)OC[C@@H](COC(=O)CCCCCCCCCCCCC(C)C)OC(=O)CCCCCCCCCCCCCCC(C)C)OC(=O)CCCCCCCCCC(C)C. The first kappa shape index (κ1) is 86.1. The van der Waals surface area contributed by atoms with Gasteiger partial charge in [-0.2, -0.15) is 0 Å². The zero-order chi connectivity index (χ0) is 65.2. The third-order valence-electron chi connectivity index (χ3n) is 15.9. The number of hydrogen-bond donors (Lipinski definition) is 3. The molecule has 522 valence electrons. The Bertz CT molecular complexity index is 1730. The molecule has 0 radical (unpaired) electrons. The van der Waals surface area contributed by atoms with Crippen LogP contribution in [0.25, 0.3) is 0 Å². The van der Waals surface area contributed by atoms with Gasteiger partial charge in [0, 0.05) is 25.7 Å². The molecular weight excluding hydrogens is 1160 g/mol. The summed E-state index contributed by atoms with van der Waals surface area (Å²) < 4.78 is 68.2. The summed E-state index contributed by atoms with van der Waals surface area (Å²) in [5, 5.41) is 10.6. The van der Waals surface area contributed by atoms with E-state index in [1.54, 1.807) is 0 Å². The van der Waals surface area contributed by atoms with Crippen molar-refractivity contribution in [2.24, 2.45) is 17.8 Å². The fourth-order valence-corrected chi connectivity index (χ4v) is 11.9. The average Bonchev–Trinajstić information content (AvgIpc) is 3.47. The van der Waals surface area contributed by atoms with E-state index >= 15 is 0 Å². The lowest BCUT2D eigenvalue weighted by molar-refractivity contribution is -0.161. The number of unbranched alkanes of at least 4 members (excludes halogenated alkanes) is 35. The molecule has 0 aromatic rings. The van der Waals surface area contributed by atoms with Crippen molar-refractivity contribution in [1.82, 2.24) is 0 Å². The highest BCUT2D eigenvalue weighted by Crippen LogP contribution is 2.45. The van der Waals surface area contributed by atoms with Gasteiger partial charge in [0.05, 0.1) is 26.4 Å². The summed E-state index contributed by atoms with van der Waals surface area (Å²) in [4.78, 5) is 72.4. The first-order valence-electron chi connectivity index (χ1n) is 35.8. The molecule has 3 N–H and O–H groups in total. The second kappa shape index (κ2) is 60.0. The lowest BCUT2D eigenvalue weighted by atomic mass is 10.0. The summed E-state index contributed by atoms with van der Waals surface area (Å²) in [7, 11) is -9.90. The third kappa shape index (κ3) is 62.8. The topological polar surface area (TPSA) is 237 Å². The Hall–Kier alpha value is -1.94. The Morgan fingerprint density at radius 1 is 0.307 bits per heavy atom. The highest BCUT2D eigenvalue weighted by molar-refractivity contribution is 7.47. The highest BCUT2D eigenvalue weighted by Gasteiger charge is 2.30. The van der Waals surface area contributed by atoms with Gasteiger partial charge in [-0.1, -0.05) is 292 Å². The number of carbonyl (C=O) groups excluding carboxylic acids is 4. The van der Waals surface area contributed by atoms with Gasteiger partial charge in [0.25, 0.3) is 0 Å². The Morgan fingerprint density at radius 2 is 0.523 bits per heavy atom. The third-order valence-corrected chi connectivity index (χ3v) is 17.8. The number of phosphoric acid groups is 2. The van der Waals surface area contributed by atoms with Crippen molar-refractivity contribution in [1.29, 1.82) is 0 Å². The second-order valence-electron chi connectivity index (χ2n) is 26.3. The van der Waals surface area contributed by atoms with Gasteiger partial charge in [0.1, 0.15) is 19.3 Å². The highest BCUT2D eigenvalue weighted by atomic mass is 31.2. The van der Waals surface area contributed by atoms with E-state index in [9.17, 15) is 43.2 Å². The standard InChI is InChI=1S/C69H134O17P2/c1-8-9-10-11-12-13-22-29-36-43-50-66(71)79-57-65(86-69(74)53-46-39-32-25-28-35-42-49-62(6)7)59-84-88(77,78)82-55-63(70)54-81-87(75,76)83-58-64(56-80-67(72)51-44-37-30-23-19-18-21-27-34-41-48-61(4)5)85-68(73)52-45-38-31-24-17-15-14-16-20-26-33-40-47-60(2)3/h60-65,70H,8-59H2,1-7H3,(H,75,76)(H,77,78)/t63-,64-,65-/m1/s1. The number of carbonyl (C=O) groups is 4. The molecule has 0 aromatic carbocycles. The summed E-state index contributed by atoms with van der Waals surface area (Å²) in [6.45, 7) is 11.8. The van der Waals surface area contributed by atoms with Crippen LogP contribution in [0.15, 0.2) is 0 Å². The van der Waals surface area contributed by atoms with E-state index < -0.39 is 97.5 Å². The number of phosphoric ester groups is 2. The maximum atomic E-state index is 13.0. The number of esters is 4. The lowest BCUT2D eigenvalue weighted by Gasteiger charge is -2.21. The summed E-state index contributed by atoms with van der Waals surface area (Å²) in [5.74, 6) is 0.102. The monoisotopic (exact) mass is 1300 g/mol. The Labute approximate surface area is 537 Å². The van der Waals surface area contributed by atoms with Gasteiger partial charge in [-0.15, -0.1) is 0 Å². The molecule has 88 heavy (non-hydrogen) atoms. The predicted molar refractivity (Wildman–Crippen MR) is 354 cm³/mol. The van der Waals surface area contributed by atoms with Crippen molar-refractivity contribution in [3.8, 4) is 0 Å². The molecule has 0 rings (SSSR count). The van der Waals surface area contributed by atoms with Crippen LogP contribution in [0, 0.1) is 17.8 Å². The van der Waals surface area contributed by atoms with Crippen molar-refractivity contribution in [3.63, 3.8) is 0 Å². The smallest absolute Gasteiger partial charge is 0.462 e. The zero-order valence-electron chi connectivity index (χ0n) is 57.2. The minimum Gasteiger partial charge on any atom is -0.462 e. The van der Waals surface area contributed by atoms with Crippen molar-refractivity contribution in [2.75, 3.05) is 39.6 Å². The average molecular weight is 1300 g/mol. The molecule has 0 fully saturated rings. The van der Waals surface area contributed by atoms with Crippen LogP contribution in [0.2, 0.25) is 0 Å². The molecule has 0 heterocycles. The summed E-state index contributed by atoms with van der Waals surface area (Å²) >= 11 is 0. The molecule has 0 aliphatic carbocycles. The van der Waals surface area contributed by atoms with Gasteiger partial charge in [-0.05, 0) is 43.4 Å². The van der Waals surface area contributed by atoms with Gasteiger partial charge < -0.3 is 33.8 Å². The first-order valence-corrected chi connectivity index (χ1v) is 38.8. The van der Waals surface area contributed by atoms with Crippen LogP contribution >= 0.6 is 15.6 Å². The molecule has 0 saturated heterocycles. The number of aliphatic hydroxyl groups is 1. The maximum Gasteiger partial charge on any atom is 0.472 e. The molecule has 0 aromatic heterocycles. The van der Waals surface area contributed by atoms with Crippen molar-refractivity contribution in [3.05, 3.63) is 0 Å². The predicted octanol–water partition coefficient (Wildman–Crippen LogP) is 19.5. The molecule has 17 nitrogen and oxygen atoms in total. The normalized spacial score (nSPS) is 14.2. The van der Waals surface area contributed by atoms with Crippen molar-refractivity contribution in [2.45, 2.75) is 362 Å². The molecule has 0 aliphatic rings. The van der Waals surface area contributed by atoms with Crippen LogP contribution < -0.4 is 0 Å². The molecule has 19 heteroatoms. The maximum absolute atomic E-state index is 13.0. The molecule has 0 bridgehead atoms. The number of rotatable bonds is 67. The largest absolute Gasteiger partial charge is 0.472 e. The van der Waals surface area contributed by atoms with Crippen LogP contribution in [0.4, 0.5) is 0 Å². The first-order chi connectivity index (χ1) is 42.2. The molecule has 0 spiro atoms. The van der Waals surface area contributed by atoms with E-state index in [0.717, 1.165) is 102 Å². The van der Waals surface area contributed by atoms with Crippen LogP contribution in [0.3, 0.4) is 0 Å². The Balaban J connectivity index is 5.24. The number of hydrogen-bond acceptors (Lipinski definition) is 15. The Kier molecular flexibility index (Phi) is 58.7.